The van der Waals surface area contributed by atoms with Crippen molar-refractivity contribution < 1.29 is 13.9 Å². The molecule has 0 unspecified atom stereocenters. The van der Waals surface area contributed by atoms with Crippen LogP contribution >= 0.6 is 0 Å². The molecule has 2 saturated carbocycles. The van der Waals surface area contributed by atoms with Gasteiger partial charge in [-0.05, 0) is 44.4 Å². The van der Waals surface area contributed by atoms with Gasteiger partial charge in [0.1, 0.15) is 0 Å². The van der Waals surface area contributed by atoms with Gasteiger partial charge in [-0.2, -0.15) is 0 Å². The molecule has 21 heavy (non-hydrogen) atoms. The Morgan fingerprint density at radius 3 is 2.71 bits per heavy atom. The zero-order valence-corrected chi connectivity index (χ0v) is 12.6. The largest absolute Gasteiger partial charge is 0.375 e. The van der Waals surface area contributed by atoms with Crippen LogP contribution in [0.3, 0.4) is 0 Å². The van der Waals surface area contributed by atoms with Crippen LogP contribution in [0.4, 0.5) is 4.39 Å². The van der Waals surface area contributed by atoms with E-state index in [1.807, 2.05) is 0 Å². The molecule has 2 heterocycles. The number of amides is 1. The number of alkyl halides is 1. The summed E-state index contributed by atoms with van der Waals surface area (Å²) < 4.78 is 20.3. The zero-order valence-electron chi connectivity index (χ0n) is 12.6. The van der Waals surface area contributed by atoms with E-state index in [2.05, 4.69) is 4.90 Å². The van der Waals surface area contributed by atoms with E-state index in [0.29, 0.717) is 25.9 Å². The monoisotopic (exact) mass is 296 g/mol. The molecule has 0 radical (unpaired) electrons. The first-order valence-corrected chi connectivity index (χ1v) is 8.50. The molecular formula is C16H25FN2O2. The lowest BCUT2D eigenvalue weighted by atomic mass is 9.80. The summed E-state index contributed by atoms with van der Waals surface area (Å²) >= 11 is 0. The number of halogens is 1. The van der Waals surface area contributed by atoms with Gasteiger partial charge in [0.15, 0.2) is 5.67 Å². The van der Waals surface area contributed by atoms with Crippen LogP contribution in [-0.2, 0) is 9.53 Å². The zero-order chi connectivity index (χ0) is 14.4. The minimum absolute atomic E-state index is 0.235. The highest BCUT2D eigenvalue weighted by atomic mass is 19.1. The summed E-state index contributed by atoms with van der Waals surface area (Å²) in [5, 5.41) is 0. The first kappa shape index (κ1) is 13.9. The van der Waals surface area contributed by atoms with Gasteiger partial charge in [0.25, 0.3) is 5.91 Å². The quantitative estimate of drug-likeness (QED) is 0.793. The van der Waals surface area contributed by atoms with Gasteiger partial charge in [-0.1, -0.05) is 0 Å². The number of ether oxygens (including phenoxy) is 1. The number of rotatable bonds is 3. The van der Waals surface area contributed by atoms with Crippen molar-refractivity contribution in [3.05, 3.63) is 0 Å². The maximum atomic E-state index is 14.4. The van der Waals surface area contributed by atoms with E-state index < -0.39 is 5.67 Å². The molecule has 0 aromatic carbocycles. The molecule has 0 aromatic heterocycles. The van der Waals surface area contributed by atoms with Crippen LogP contribution in [0.15, 0.2) is 0 Å². The van der Waals surface area contributed by atoms with E-state index in [9.17, 15) is 9.18 Å². The number of hydrogen-bond acceptors (Lipinski definition) is 3. The number of carbonyl (C=O) groups excluding carboxylic acids is 1. The smallest absolute Gasteiger partial charge is 0.260 e. The van der Waals surface area contributed by atoms with E-state index in [1.54, 1.807) is 4.90 Å². The van der Waals surface area contributed by atoms with Gasteiger partial charge in [-0.3, -0.25) is 9.69 Å². The predicted molar refractivity (Wildman–Crippen MR) is 76.7 cm³/mol. The number of nitrogens with zero attached hydrogens (tertiary/aromatic N) is 2. The molecule has 0 bridgehead atoms. The number of piperidine rings is 1. The van der Waals surface area contributed by atoms with E-state index in [4.69, 9.17) is 4.74 Å². The number of carbonyl (C=O) groups is 1. The molecule has 2 aliphatic carbocycles. The fourth-order valence-corrected chi connectivity index (χ4v) is 3.97. The molecule has 118 valence electrons. The van der Waals surface area contributed by atoms with Crippen molar-refractivity contribution >= 4 is 5.91 Å². The van der Waals surface area contributed by atoms with E-state index >= 15 is 0 Å². The summed E-state index contributed by atoms with van der Waals surface area (Å²) in [6, 6.07) is 0.278. The topological polar surface area (TPSA) is 32.8 Å². The van der Waals surface area contributed by atoms with Crippen LogP contribution in [0.5, 0.6) is 0 Å². The summed E-state index contributed by atoms with van der Waals surface area (Å²) in [5.41, 5.74) is -1.55. The van der Waals surface area contributed by atoms with Crippen LogP contribution in [-0.4, -0.2) is 66.3 Å². The van der Waals surface area contributed by atoms with Gasteiger partial charge in [0.2, 0.25) is 0 Å². The Labute approximate surface area is 125 Å². The highest BCUT2D eigenvalue weighted by Crippen LogP contribution is 2.39. The summed E-state index contributed by atoms with van der Waals surface area (Å²) in [4.78, 5) is 16.7. The highest BCUT2D eigenvalue weighted by molar-refractivity contribution is 5.86. The lowest BCUT2D eigenvalue weighted by molar-refractivity contribution is -0.159. The van der Waals surface area contributed by atoms with Crippen molar-refractivity contribution in [2.75, 3.05) is 32.8 Å². The number of morpholine rings is 1. The molecule has 1 amide bonds. The molecule has 4 aliphatic rings. The van der Waals surface area contributed by atoms with Crippen LogP contribution in [0.25, 0.3) is 0 Å². The lowest BCUT2D eigenvalue weighted by Gasteiger charge is -2.48. The van der Waals surface area contributed by atoms with Crippen LogP contribution in [0.2, 0.25) is 0 Å². The second-order valence-corrected chi connectivity index (χ2v) is 7.27. The number of fused-ring (bicyclic) bond motifs is 1. The molecule has 0 spiro atoms. The standard InChI is InChI=1S/C16H25FN2O2/c17-16(5-1-6-16)15(20)19-7-4-14-13(11-19)18(8-9-21-14)10-12-2-3-12/h12-14H,1-11H2/t13-,14-/m0/s1. The summed E-state index contributed by atoms with van der Waals surface area (Å²) in [6.45, 7) is 4.20. The van der Waals surface area contributed by atoms with Gasteiger partial charge in [-0.15, -0.1) is 0 Å². The van der Waals surface area contributed by atoms with Crippen molar-refractivity contribution in [1.82, 2.24) is 9.80 Å². The molecule has 4 nitrogen and oxygen atoms in total. The fraction of sp³-hybridized carbons (Fsp3) is 0.938. The summed E-state index contributed by atoms with van der Waals surface area (Å²) in [5.74, 6) is 0.582. The molecule has 4 fully saturated rings. The van der Waals surface area contributed by atoms with Crippen molar-refractivity contribution in [3.8, 4) is 0 Å². The van der Waals surface area contributed by atoms with Crippen LogP contribution in [0, 0.1) is 5.92 Å². The Morgan fingerprint density at radius 1 is 1.24 bits per heavy atom. The van der Waals surface area contributed by atoms with Gasteiger partial charge in [0.05, 0.1) is 18.8 Å². The SMILES string of the molecule is O=C(N1CC[C@@H]2OCCN(CC3CC3)[C@H]2C1)C1(F)CCC1. The molecule has 2 atom stereocenters. The van der Waals surface area contributed by atoms with Gasteiger partial charge in [0, 0.05) is 26.2 Å². The first-order valence-electron chi connectivity index (χ1n) is 8.50. The Morgan fingerprint density at radius 2 is 2.05 bits per heavy atom. The average Bonchev–Trinajstić information content (AvgIpc) is 3.28. The maximum Gasteiger partial charge on any atom is 0.260 e. The first-order chi connectivity index (χ1) is 10.2. The third-order valence-corrected chi connectivity index (χ3v) is 5.71. The third-order valence-electron chi connectivity index (χ3n) is 5.71. The molecule has 0 aromatic rings. The second kappa shape index (κ2) is 5.20. The van der Waals surface area contributed by atoms with Crippen molar-refractivity contribution in [2.24, 2.45) is 5.92 Å². The third kappa shape index (κ3) is 2.59. The molecule has 0 N–H and O–H groups in total. The van der Waals surface area contributed by atoms with E-state index in [-0.39, 0.29) is 18.1 Å². The molecule has 5 heteroatoms. The van der Waals surface area contributed by atoms with E-state index in [0.717, 1.165) is 38.5 Å². The lowest BCUT2D eigenvalue weighted by Crippen LogP contribution is -2.63. The van der Waals surface area contributed by atoms with Crippen LogP contribution in [0.1, 0.15) is 38.5 Å². The minimum Gasteiger partial charge on any atom is -0.375 e. The summed E-state index contributed by atoms with van der Waals surface area (Å²) in [7, 11) is 0. The van der Waals surface area contributed by atoms with Crippen molar-refractivity contribution in [2.45, 2.75) is 56.3 Å². The Kier molecular flexibility index (Phi) is 3.45. The molecular weight excluding hydrogens is 271 g/mol. The Balaban J connectivity index is 1.43. The van der Waals surface area contributed by atoms with Gasteiger partial charge >= 0.3 is 0 Å². The molecule has 2 aliphatic heterocycles. The Bertz CT molecular complexity index is 423. The summed E-state index contributed by atoms with van der Waals surface area (Å²) in [6.07, 6.45) is 5.44. The Hall–Kier alpha value is -0.680. The normalized spacial score (nSPS) is 36.0. The highest BCUT2D eigenvalue weighted by Gasteiger charge is 2.49. The second-order valence-electron chi connectivity index (χ2n) is 7.27. The van der Waals surface area contributed by atoms with Crippen LogP contribution < -0.4 is 0 Å². The predicted octanol–water partition coefficient (Wildman–Crippen LogP) is 1.59. The van der Waals surface area contributed by atoms with Crippen molar-refractivity contribution in [3.63, 3.8) is 0 Å². The number of hydrogen-bond donors (Lipinski definition) is 0. The van der Waals surface area contributed by atoms with Crippen molar-refractivity contribution in [1.29, 1.82) is 0 Å². The van der Waals surface area contributed by atoms with E-state index in [1.165, 1.54) is 12.8 Å². The number of likely N-dealkylation sites (tertiary alicyclic amines) is 1. The molecule has 4 rings (SSSR count). The average molecular weight is 296 g/mol. The van der Waals surface area contributed by atoms with Gasteiger partial charge in [-0.25, -0.2) is 4.39 Å². The fourth-order valence-electron chi connectivity index (χ4n) is 3.97. The minimum atomic E-state index is -1.55. The maximum absolute atomic E-state index is 14.4. The van der Waals surface area contributed by atoms with Gasteiger partial charge < -0.3 is 9.64 Å². The molecule has 2 saturated heterocycles.